The van der Waals surface area contributed by atoms with Gasteiger partial charge in [-0.25, -0.2) is 0 Å². The van der Waals surface area contributed by atoms with Crippen LogP contribution in [0.5, 0.6) is 0 Å². The number of rotatable bonds is 8. The molecule has 2 unspecified atom stereocenters. The van der Waals surface area contributed by atoms with Crippen molar-refractivity contribution >= 4 is 81.0 Å². The van der Waals surface area contributed by atoms with Gasteiger partial charge in [-0.3, -0.25) is 0 Å². The molecular weight excluding hydrogens is 841 g/mol. The van der Waals surface area contributed by atoms with Crippen LogP contribution in [0.1, 0.15) is 12.5 Å². The summed E-state index contributed by atoms with van der Waals surface area (Å²) in [4.78, 5) is 2.59. The number of para-hydroxylation sites is 3. The molecule has 0 spiro atoms. The highest BCUT2D eigenvalue weighted by atomic mass is 32.1. The predicted molar refractivity (Wildman–Crippen MR) is 293 cm³/mol. The minimum absolute atomic E-state index is 0.0354. The third-order valence-corrected chi connectivity index (χ3v) is 15.2. The highest BCUT2D eigenvalue weighted by Gasteiger charge is 2.29. The summed E-state index contributed by atoms with van der Waals surface area (Å²) in [5.41, 5.74) is 15.8. The van der Waals surface area contributed by atoms with Crippen LogP contribution in [0.4, 0.5) is 11.4 Å². The van der Waals surface area contributed by atoms with Crippen molar-refractivity contribution in [1.82, 2.24) is 4.57 Å². The van der Waals surface area contributed by atoms with Crippen LogP contribution in [-0.4, -0.2) is 10.6 Å². The van der Waals surface area contributed by atoms with Gasteiger partial charge < -0.3 is 9.47 Å². The van der Waals surface area contributed by atoms with Crippen molar-refractivity contribution in [2.75, 3.05) is 4.90 Å². The van der Waals surface area contributed by atoms with Gasteiger partial charge in [0.15, 0.2) is 0 Å². The maximum atomic E-state index is 2.59. The molecule has 1 aliphatic rings. The summed E-state index contributed by atoms with van der Waals surface area (Å²) in [5.74, 6) is 0.180. The highest BCUT2D eigenvalue weighted by molar-refractivity contribution is 7.25. The predicted octanol–water partition coefficient (Wildman–Crippen LogP) is 18.1. The Morgan fingerprint density at radius 3 is 1.90 bits per heavy atom. The lowest BCUT2D eigenvalue weighted by Crippen LogP contribution is -2.35. The molecule has 0 N–H and O–H groups in total. The molecule has 322 valence electrons. The molecule has 1 aliphatic carbocycles. The molecule has 12 aromatic rings. The third kappa shape index (κ3) is 6.69. The third-order valence-electron chi connectivity index (χ3n) is 14.1. The fraction of sp³-hybridized carbons (Fsp3) is 0.0462. The van der Waals surface area contributed by atoms with E-state index in [1.54, 1.807) is 0 Å². The summed E-state index contributed by atoms with van der Waals surface area (Å²) in [6, 6.07) is 84.7. The van der Waals surface area contributed by atoms with Crippen LogP contribution in [0.25, 0.3) is 97.4 Å². The number of aromatic nitrogens is 1. The molecule has 3 heteroatoms. The first-order valence-corrected chi connectivity index (χ1v) is 24.4. The van der Waals surface area contributed by atoms with Gasteiger partial charge in [-0.15, -0.1) is 11.3 Å². The van der Waals surface area contributed by atoms with Gasteiger partial charge in [0.05, 0.1) is 17.1 Å². The van der Waals surface area contributed by atoms with Crippen LogP contribution < -0.4 is 4.90 Å². The van der Waals surface area contributed by atoms with E-state index in [9.17, 15) is 0 Å². The highest BCUT2D eigenvalue weighted by Crippen LogP contribution is 2.46. The van der Waals surface area contributed by atoms with Gasteiger partial charge in [0, 0.05) is 53.6 Å². The second-order valence-corrected chi connectivity index (χ2v) is 19.1. The molecular formula is C65H46N2S. The summed E-state index contributed by atoms with van der Waals surface area (Å²) in [7, 11) is 0. The Kier molecular flexibility index (Phi) is 9.77. The van der Waals surface area contributed by atoms with E-state index in [1.165, 1.54) is 109 Å². The first-order valence-electron chi connectivity index (χ1n) is 23.6. The quantitative estimate of drug-likeness (QED) is 0.148. The van der Waals surface area contributed by atoms with Crippen LogP contribution in [0, 0.1) is 5.92 Å². The molecule has 0 amide bonds. The van der Waals surface area contributed by atoms with Crippen molar-refractivity contribution in [3.8, 4) is 39.1 Å². The number of benzene rings is 10. The largest absolute Gasteiger partial charge is 0.333 e. The Morgan fingerprint density at radius 2 is 1.07 bits per heavy atom. The molecule has 13 rings (SSSR count). The van der Waals surface area contributed by atoms with Crippen molar-refractivity contribution in [3.05, 3.63) is 254 Å². The second kappa shape index (κ2) is 16.6. The van der Waals surface area contributed by atoms with Gasteiger partial charge in [-0.05, 0) is 116 Å². The number of nitrogens with zero attached hydrogens (tertiary/aromatic N) is 2. The Hall–Kier alpha value is -8.24. The van der Waals surface area contributed by atoms with Crippen LogP contribution in [0.3, 0.4) is 0 Å². The number of hydrogen-bond acceptors (Lipinski definition) is 2. The molecule has 68 heavy (non-hydrogen) atoms. The van der Waals surface area contributed by atoms with E-state index >= 15 is 0 Å². The molecule has 2 nitrogen and oxygen atoms in total. The van der Waals surface area contributed by atoms with Crippen molar-refractivity contribution in [2.45, 2.75) is 13.0 Å². The summed E-state index contributed by atoms with van der Waals surface area (Å²) < 4.78 is 5.04. The van der Waals surface area contributed by atoms with Crippen molar-refractivity contribution in [3.63, 3.8) is 0 Å². The summed E-state index contributed by atoms with van der Waals surface area (Å²) >= 11 is 1.88. The monoisotopic (exact) mass is 886 g/mol. The van der Waals surface area contributed by atoms with E-state index in [0.717, 1.165) is 5.69 Å². The lowest BCUT2D eigenvalue weighted by Gasteiger charge is -2.38. The van der Waals surface area contributed by atoms with Gasteiger partial charge in [-0.2, -0.15) is 0 Å². The van der Waals surface area contributed by atoms with E-state index < -0.39 is 0 Å². The average Bonchev–Trinajstić information content (AvgIpc) is 3.95. The topological polar surface area (TPSA) is 8.17 Å². The van der Waals surface area contributed by atoms with Gasteiger partial charge in [0.25, 0.3) is 0 Å². The standard InChI is InChI=1S/C65H46N2S/c1-43-41-48(52-27-16-32-63-65(52)56-25-10-13-31-62(56)68-63)36-39-58(43)66(59-29-11-8-23-53(59)55-28-15-20-46-19-14-26-51(64(46)55)45-17-4-2-5-18-45)50-37-33-44(34-38-50)47-35-40-61-57(42-47)54-24-9-12-30-60(54)67(61)49-21-6-3-7-22-49/h2-43,58H,1H3. The van der Waals surface area contributed by atoms with E-state index in [4.69, 9.17) is 0 Å². The minimum Gasteiger partial charge on any atom is -0.333 e. The molecule has 2 heterocycles. The van der Waals surface area contributed by atoms with Crippen molar-refractivity contribution < 1.29 is 0 Å². The van der Waals surface area contributed by atoms with Crippen molar-refractivity contribution in [1.29, 1.82) is 0 Å². The van der Waals surface area contributed by atoms with E-state index in [2.05, 4.69) is 265 Å². The maximum Gasteiger partial charge on any atom is 0.0586 e. The Morgan fingerprint density at radius 1 is 0.441 bits per heavy atom. The van der Waals surface area contributed by atoms with Gasteiger partial charge in [0.1, 0.15) is 0 Å². The normalized spacial score (nSPS) is 14.9. The van der Waals surface area contributed by atoms with Crippen LogP contribution in [0.2, 0.25) is 0 Å². The molecule has 10 aromatic carbocycles. The fourth-order valence-corrected chi connectivity index (χ4v) is 12.1. The number of anilines is 2. The van der Waals surface area contributed by atoms with E-state index in [1.807, 2.05) is 11.3 Å². The Balaban J connectivity index is 0.952. The fourth-order valence-electron chi connectivity index (χ4n) is 11.0. The molecule has 0 radical (unpaired) electrons. The average molecular weight is 887 g/mol. The number of allylic oxidation sites excluding steroid dienone is 2. The molecule has 0 saturated carbocycles. The van der Waals surface area contributed by atoms with E-state index in [-0.39, 0.29) is 12.0 Å². The molecule has 0 fully saturated rings. The first kappa shape index (κ1) is 40.1. The second-order valence-electron chi connectivity index (χ2n) is 18.0. The summed E-state index contributed by atoms with van der Waals surface area (Å²) in [6.07, 6.45) is 7.33. The van der Waals surface area contributed by atoms with Crippen LogP contribution >= 0.6 is 11.3 Å². The number of fused-ring (bicyclic) bond motifs is 7. The maximum absolute atomic E-state index is 2.59. The zero-order chi connectivity index (χ0) is 45.1. The zero-order valence-corrected chi connectivity index (χ0v) is 38.4. The summed E-state index contributed by atoms with van der Waals surface area (Å²) in [5, 5.41) is 7.67. The lowest BCUT2D eigenvalue weighted by molar-refractivity contribution is 0.612. The van der Waals surface area contributed by atoms with Crippen LogP contribution in [-0.2, 0) is 0 Å². The zero-order valence-electron chi connectivity index (χ0n) is 37.6. The van der Waals surface area contributed by atoms with Gasteiger partial charge >= 0.3 is 0 Å². The Labute approximate surface area is 400 Å². The molecule has 2 atom stereocenters. The minimum atomic E-state index is 0.0354. The number of thiophene rings is 1. The summed E-state index contributed by atoms with van der Waals surface area (Å²) in [6.45, 7) is 2.39. The van der Waals surface area contributed by atoms with E-state index in [0.29, 0.717) is 0 Å². The smallest absolute Gasteiger partial charge is 0.0586 e. The lowest BCUT2D eigenvalue weighted by atomic mass is 9.86. The number of hydrogen-bond donors (Lipinski definition) is 0. The molecule has 2 aromatic heterocycles. The molecule has 0 bridgehead atoms. The first-order chi connectivity index (χ1) is 33.7. The SMILES string of the molecule is CC1C=C(c2cccc3sc4ccccc4c23)C=CC1N(c1ccc(-c2ccc3c(c2)c2ccccc2n3-c2ccccc2)cc1)c1ccccc1-c1cccc2cccc(-c3ccccc3)c12. The van der Waals surface area contributed by atoms with Crippen molar-refractivity contribution in [2.24, 2.45) is 5.92 Å². The van der Waals surface area contributed by atoms with Gasteiger partial charge in [-0.1, -0.05) is 195 Å². The Bertz CT molecular complexity index is 3920. The molecule has 0 saturated heterocycles. The van der Waals surface area contributed by atoms with Crippen LogP contribution in [0.15, 0.2) is 249 Å². The molecule has 0 aliphatic heterocycles. The van der Waals surface area contributed by atoms with Gasteiger partial charge in [0.2, 0.25) is 0 Å².